The normalized spacial score (nSPS) is 22.8. The quantitative estimate of drug-likeness (QED) is 0.892. The summed E-state index contributed by atoms with van der Waals surface area (Å²) in [6.45, 7) is 8.06. The Bertz CT molecular complexity index is 666. The molecule has 1 aromatic heterocycles. The molecule has 2 aliphatic rings. The minimum atomic E-state index is -1.02. The summed E-state index contributed by atoms with van der Waals surface area (Å²) >= 11 is 0. The maximum atomic E-state index is 12.9. The van der Waals surface area contributed by atoms with Crippen molar-refractivity contribution in [3.05, 3.63) is 18.3 Å². The number of amides is 2. The average Bonchev–Trinajstić information content (AvgIpc) is 3.31. The average molecular weight is 364 g/mol. The highest BCUT2D eigenvalue weighted by atomic mass is 19.1. The third kappa shape index (κ3) is 4.62. The van der Waals surface area contributed by atoms with Crippen LogP contribution in [0.3, 0.4) is 0 Å². The lowest BCUT2D eigenvalue weighted by Gasteiger charge is -2.36. The number of hydrogen-bond donors (Lipinski definition) is 1. The van der Waals surface area contributed by atoms with Crippen LogP contribution in [0.15, 0.2) is 18.3 Å². The highest BCUT2D eigenvalue weighted by Crippen LogP contribution is 2.34. The molecular formula is C18H25FN4O3. The summed E-state index contributed by atoms with van der Waals surface area (Å²) in [6.07, 6.45) is 0.667. The minimum Gasteiger partial charge on any atom is -0.444 e. The largest absolute Gasteiger partial charge is 0.444 e. The summed E-state index contributed by atoms with van der Waals surface area (Å²) < 4.78 is 18.3. The molecule has 2 heterocycles. The van der Waals surface area contributed by atoms with E-state index in [1.807, 2.05) is 26.8 Å². The molecule has 26 heavy (non-hydrogen) atoms. The molecule has 0 radical (unpaired) electrons. The summed E-state index contributed by atoms with van der Waals surface area (Å²) in [5.74, 6) is -0.425. The first-order valence-electron chi connectivity index (χ1n) is 8.87. The van der Waals surface area contributed by atoms with E-state index >= 15 is 0 Å². The van der Waals surface area contributed by atoms with Crippen molar-refractivity contribution in [2.75, 3.05) is 36.4 Å². The Kier molecular flexibility index (Phi) is 5.02. The third-order valence-corrected chi connectivity index (χ3v) is 4.34. The van der Waals surface area contributed by atoms with Gasteiger partial charge in [0.25, 0.3) is 0 Å². The predicted molar refractivity (Wildman–Crippen MR) is 95.9 cm³/mol. The molecule has 1 saturated heterocycles. The SMILES string of the molecule is CC(C)(C)OC(=O)N1CCN(c2ccc(NC(=O)[C@@H]3C[C@H]3F)nc2)CC1. The lowest BCUT2D eigenvalue weighted by Crippen LogP contribution is -2.50. The fourth-order valence-corrected chi connectivity index (χ4v) is 2.77. The number of ether oxygens (including phenoxy) is 1. The van der Waals surface area contributed by atoms with E-state index < -0.39 is 17.7 Å². The topological polar surface area (TPSA) is 74.8 Å². The molecule has 1 N–H and O–H groups in total. The maximum absolute atomic E-state index is 12.9. The standard InChI is InChI=1S/C18H25FN4O3/c1-18(2,3)26-17(25)23-8-6-22(7-9-23)12-4-5-15(20-11-12)21-16(24)13-10-14(13)19/h4-5,11,13-14H,6-10H2,1-3H3,(H,20,21,24)/t13-,14-/m1/s1. The van der Waals surface area contributed by atoms with Crippen LogP contribution in [0.25, 0.3) is 0 Å². The molecule has 0 spiro atoms. The van der Waals surface area contributed by atoms with Crippen molar-refractivity contribution in [1.82, 2.24) is 9.88 Å². The monoisotopic (exact) mass is 364 g/mol. The van der Waals surface area contributed by atoms with E-state index in [9.17, 15) is 14.0 Å². The first kappa shape index (κ1) is 18.4. The van der Waals surface area contributed by atoms with Gasteiger partial charge in [0.05, 0.1) is 17.8 Å². The lowest BCUT2D eigenvalue weighted by molar-refractivity contribution is -0.117. The van der Waals surface area contributed by atoms with Gasteiger partial charge < -0.3 is 19.9 Å². The van der Waals surface area contributed by atoms with Gasteiger partial charge in [0.2, 0.25) is 5.91 Å². The van der Waals surface area contributed by atoms with Gasteiger partial charge in [-0.25, -0.2) is 14.2 Å². The Morgan fingerprint density at radius 2 is 1.88 bits per heavy atom. The minimum absolute atomic E-state index is 0.292. The van der Waals surface area contributed by atoms with E-state index in [0.717, 1.165) is 5.69 Å². The first-order chi connectivity index (χ1) is 12.2. The van der Waals surface area contributed by atoms with Crippen LogP contribution in [-0.4, -0.2) is 59.8 Å². The van der Waals surface area contributed by atoms with Crippen molar-refractivity contribution in [3.8, 4) is 0 Å². The Labute approximate surface area is 152 Å². The van der Waals surface area contributed by atoms with Crippen LogP contribution >= 0.6 is 0 Å². The summed E-state index contributed by atoms with van der Waals surface area (Å²) in [5.41, 5.74) is 0.419. The highest BCUT2D eigenvalue weighted by molar-refractivity contribution is 5.94. The molecule has 2 fully saturated rings. The summed E-state index contributed by atoms with van der Waals surface area (Å²) in [5, 5.41) is 2.63. The van der Waals surface area contributed by atoms with Gasteiger partial charge in [-0.15, -0.1) is 0 Å². The van der Waals surface area contributed by atoms with Crippen LogP contribution in [0.1, 0.15) is 27.2 Å². The Hall–Kier alpha value is -2.38. The molecule has 0 bridgehead atoms. The van der Waals surface area contributed by atoms with Crippen molar-refractivity contribution in [1.29, 1.82) is 0 Å². The van der Waals surface area contributed by atoms with E-state index in [2.05, 4.69) is 15.2 Å². The number of nitrogens with zero attached hydrogens (tertiary/aromatic N) is 3. The Morgan fingerprint density at radius 3 is 2.38 bits per heavy atom. The number of pyridine rings is 1. The fraction of sp³-hybridized carbons (Fsp3) is 0.611. The van der Waals surface area contributed by atoms with Crippen molar-refractivity contribution < 1.29 is 18.7 Å². The molecule has 1 aromatic rings. The molecule has 0 aromatic carbocycles. The zero-order valence-corrected chi connectivity index (χ0v) is 15.4. The van der Waals surface area contributed by atoms with Gasteiger partial charge in [0.1, 0.15) is 17.6 Å². The van der Waals surface area contributed by atoms with E-state index in [4.69, 9.17) is 4.74 Å². The number of piperazine rings is 1. The van der Waals surface area contributed by atoms with Crippen molar-refractivity contribution >= 4 is 23.5 Å². The molecule has 7 nitrogen and oxygen atoms in total. The smallest absolute Gasteiger partial charge is 0.410 e. The van der Waals surface area contributed by atoms with Gasteiger partial charge in [-0.2, -0.15) is 0 Å². The molecule has 8 heteroatoms. The fourth-order valence-electron chi connectivity index (χ4n) is 2.77. The van der Waals surface area contributed by atoms with Gasteiger partial charge in [-0.3, -0.25) is 4.79 Å². The second-order valence-electron chi connectivity index (χ2n) is 7.70. The number of nitrogens with one attached hydrogen (secondary N) is 1. The molecule has 2 atom stereocenters. The molecule has 1 aliphatic carbocycles. The van der Waals surface area contributed by atoms with Crippen molar-refractivity contribution in [2.24, 2.45) is 5.92 Å². The first-order valence-corrected chi connectivity index (χ1v) is 8.87. The third-order valence-electron chi connectivity index (χ3n) is 4.34. The molecule has 3 rings (SSSR count). The molecule has 0 unspecified atom stereocenters. The predicted octanol–water partition coefficient (Wildman–Crippen LogP) is 2.44. The van der Waals surface area contributed by atoms with Gasteiger partial charge in [-0.1, -0.05) is 0 Å². The number of carbonyl (C=O) groups excluding carboxylic acids is 2. The van der Waals surface area contributed by atoms with Crippen LogP contribution in [0.2, 0.25) is 0 Å². The highest BCUT2D eigenvalue weighted by Gasteiger charge is 2.43. The van der Waals surface area contributed by atoms with Crippen LogP contribution in [0.5, 0.6) is 0 Å². The molecule has 2 amide bonds. The second kappa shape index (κ2) is 7.09. The van der Waals surface area contributed by atoms with Crippen molar-refractivity contribution in [3.63, 3.8) is 0 Å². The van der Waals surface area contributed by atoms with Crippen LogP contribution < -0.4 is 10.2 Å². The molecule has 142 valence electrons. The second-order valence-corrected chi connectivity index (χ2v) is 7.70. The van der Waals surface area contributed by atoms with Gasteiger partial charge in [0, 0.05) is 26.2 Å². The van der Waals surface area contributed by atoms with Gasteiger partial charge >= 0.3 is 6.09 Å². The number of alkyl halides is 1. The summed E-state index contributed by atoms with van der Waals surface area (Å²) in [7, 11) is 0. The van der Waals surface area contributed by atoms with Gasteiger partial charge in [0.15, 0.2) is 0 Å². The van der Waals surface area contributed by atoms with E-state index in [1.165, 1.54) is 0 Å². The Morgan fingerprint density at radius 1 is 1.23 bits per heavy atom. The summed E-state index contributed by atoms with van der Waals surface area (Å²) in [6, 6.07) is 3.58. The summed E-state index contributed by atoms with van der Waals surface area (Å²) in [4.78, 5) is 31.9. The van der Waals surface area contributed by atoms with Gasteiger partial charge in [-0.05, 0) is 39.3 Å². The van der Waals surface area contributed by atoms with Crippen LogP contribution in [0.4, 0.5) is 20.7 Å². The number of anilines is 2. The van der Waals surface area contributed by atoms with Crippen molar-refractivity contribution in [2.45, 2.75) is 39.0 Å². The maximum Gasteiger partial charge on any atom is 0.410 e. The number of rotatable bonds is 3. The van der Waals surface area contributed by atoms with Crippen LogP contribution in [-0.2, 0) is 9.53 Å². The number of hydrogen-bond acceptors (Lipinski definition) is 5. The van der Waals surface area contributed by atoms with E-state index in [-0.39, 0.29) is 12.0 Å². The Balaban J connectivity index is 1.50. The lowest BCUT2D eigenvalue weighted by atomic mass is 10.2. The zero-order chi connectivity index (χ0) is 18.9. The number of carbonyl (C=O) groups is 2. The zero-order valence-electron chi connectivity index (χ0n) is 15.4. The van der Waals surface area contributed by atoms with Crippen LogP contribution in [0, 0.1) is 5.92 Å². The number of aromatic nitrogens is 1. The van der Waals surface area contributed by atoms with E-state index in [1.54, 1.807) is 17.2 Å². The number of halogens is 1. The molecular weight excluding hydrogens is 339 g/mol. The molecule has 1 aliphatic heterocycles. The molecule has 1 saturated carbocycles. The van der Waals surface area contributed by atoms with E-state index in [0.29, 0.717) is 38.4 Å².